The minimum absolute atomic E-state index is 0.229. The van der Waals surface area contributed by atoms with Gasteiger partial charge in [-0.15, -0.1) is 0 Å². The van der Waals surface area contributed by atoms with E-state index < -0.39 is 5.82 Å². The molecular formula is C18H19BrFNO4. The molecule has 0 aromatic heterocycles. The molecule has 0 fully saturated rings. The van der Waals surface area contributed by atoms with Gasteiger partial charge in [0.05, 0.1) is 31.5 Å². The van der Waals surface area contributed by atoms with Gasteiger partial charge in [-0.3, -0.25) is 4.79 Å². The van der Waals surface area contributed by atoms with Crippen molar-refractivity contribution in [3.8, 4) is 17.2 Å². The summed E-state index contributed by atoms with van der Waals surface area (Å²) in [5.74, 6) is 0.899. The fourth-order valence-electron chi connectivity index (χ4n) is 2.37. The second kappa shape index (κ2) is 8.71. The van der Waals surface area contributed by atoms with Gasteiger partial charge in [-0.05, 0) is 46.1 Å². The summed E-state index contributed by atoms with van der Waals surface area (Å²) in [6.07, 6.45) is 0.734. The Morgan fingerprint density at radius 2 is 1.80 bits per heavy atom. The smallest absolute Gasteiger partial charge is 0.224 e. The third kappa shape index (κ3) is 4.85. The Labute approximate surface area is 154 Å². The summed E-state index contributed by atoms with van der Waals surface area (Å²) in [5, 5.41) is 2.67. The summed E-state index contributed by atoms with van der Waals surface area (Å²) in [6.45, 7) is 0. The highest BCUT2D eigenvalue weighted by Gasteiger charge is 2.13. The zero-order chi connectivity index (χ0) is 18.4. The average molecular weight is 412 g/mol. The van der Waals surface area contributed by atoms with Crippen LogP contribution in [-0.2, 0) is 11.2 Å². The van der Waals surface area contributed by atoms with Crippen LogP contribution in [0.4, 0.5) is 10.1 Å². The second-order valence-electron chi connectivity index (χ2n) is 5.21. The van der Waals surface area contributed by atoms with E-state index >= 15 is 0 Å². The number of carbonyl (C=O) groups is 1. The maximum absolute atomic E-state index is 13.5. The topological polar surface area (TPSA) is 56.8 Å². The van der Waals surface area contributed by atoms with Gasteiger partial charge >= 0.3 is 0 Å². The van der Waals surface area contributed by atoms with Crippen molar-refractivity contribution in [2.75, 3.05) is 26.6 Å². The van der Waals surface area contributed by atoms with Crippen LogP contribution >= 0.6 is 15.9 Å². The lowest BCUT2D eigenvalue weighted by molar-refractivity contribution is -0.116. The SMILES string of the molecule is COc1ccc(CCC(=O)Nc2cc(F)cc(Br)c2OC)cc1OC. The highest BCUT2D eigenvalue weighted by Crippen LogP contribution is 2.34. The van der Waals surface area contributed by atoms with Crippen molar-refractivity contribution in [3.63, 3.8) is 0 Å². The Morgan fingerprint density at radius 3 is 2.44 bits per heavy atom. The van der Waals surface area contributed by atoms with E-state index in [2.05, 4.69) is 21.2 Å². The molecule has 0 aliphatic rings. The van der Waals surface area contributed by atoms with Crippen molar-refractivity contribution in [3.05, 3.63) is 46.2 Å². The molecule has 0 radical (unpaired) electrons. The average Bonchev–Trinajstić information content (AvgIpc) is 2.59. The standard InChI is InChI=1S/C18H19BrFNO4/c1-23-15-6-4-11(8-16(15)24-2)5-7-17(22)21-14-10-12(20)9-13(19)18(14)25-3/h4,6,8-10H,5,7H2,1-3H3,(H,21,22). The summed E-state index contributed by atoms with van der Waals surface area (Å²) >= 11 is 3.21. The van der Waals surface area contributed by atoms with Crippen LogP contribution < -0.4 is 19.5 Å². The van der Waals surface area contributed by atoms with Crippen molar-refractivity contribution in [2.24, 2.45) is 0 Å². The Bertz CT molecular complexity index is 767. The minimum Gasteiger partial charge on any atom is -0.493 e. The summed E-state index contributed by atoms with van der Waals surface area (Å²) in [5.41, 5.74) is 1.21. The number of carbonyl (C=O) groups excluding carboxylic acids is 1. The van der Waals surface area contributed by atoms with Crippen molar-refractivity contribution >= 4 is 27.5 Å². The normalized spacial score (nSPS) is 10.3. The molecule has 2 aromatic carbocycles. The molecule has 0 saturated carbocycles. The molecule has 0 heterocycles. The van der Waals surface area contributed by atoms with E-state index in [-0.39, 0.29) is 18.0 Å². The molecule has 2 rings (SSSR count). The fraction of sp³-hybridized carbons (Fsp3) is 0.278. The maximum Gasteiger partial charge on any atom is 0.224 e. The number of halogens is 2. The van der Waals surface area contributed by atoms with E-state index in [1.165, 1.54) is 19.2 Å². The Balaban J connectivity index is 2.04. The molecule has 0 aliphatic heterocycles. The second-order valence-corrected chi connectivity index (χ2v) is 6.06. The number of hydrogen-bond acceptors (Lipinski definition) is 4. The first-order valence-electron chi connectivity index (χ1n) is 7.52. The van der Waals surface area contributed by atoms with E-state index in [9.17, 15) is 9.18 Å². The first kappa shape index (κ1) is 19.1. The van der Waals surface area contributed by atoms with E-state index in [1.807, 2.05) is 12.1 Å². The third-order valence-corrected chi connectivity index (χ3v) is 4.16. The molecule has 1 N–H and O–H groups in total. The van der Waals surface area contributed by atoms with Gasteiger partial charge in [0.1, 0.15) is 5.82 Å². The molecular weight excluding hydrogens is 393 g/mol. The number of rotatable bonds is 7. The number of ether oxygens (including phenoxy) is 3. The quantitative estimate of drug-likeness (QED) is 0.741. The van der Waals surface area contributed by atoms with E-state index in [0.717, 1.165) is 5.56 Å². The number of benzene rings is 2. The number of nitrogens with one attached hydrogen (secondary N) is 1. The predicted molar refractivity (Wildman–Crippen MR) is 97.1 cm³/mol. The number of methoxy groups -OCH3 is 3. The van der Waals surface area contributed by atoms with Crippen LogP contribution in [0.1, 0.15) is 12.0 Å². The summed E-state index contributed by atoms with van der Waals surface area (Å²) in [7, 11) is 4.58. The zero-order valence-electron chi connectivity index (χ0n) is 14.2. The summed E-state index contributed by atoms with van der Waals surface area (Å²) in [6, 6.07) is 7.98. The lowest BCUT2D eigenvalue weighted by Gasteiger charge is -2.12. The molecule has 0 unspecified atom stereocenters. The summed E-state index contributed by atoms with van der Waals surface area (Å²) < 4.78 is 29.6. The molecule has 25 heavy (non-hydrogen) atoms. The Morgan fingerprint density at radius 1 is 1.08 bits per heavy atom. The predicted octanol–water partition coefficient (Wildman–Crippen LogP) is 4.19. The Hall–Kier alpha value is -2.28. The van der Waals surface area contributed by atoms with Crippen LogP contribution in [0.25, 0.3) is 0 Å². The molecule has 0 atom stereocenters. The number of amides is 1. The lowest BCUT2D eigenvalue weighted by atomic mass is 10.1. The lowest BCUT2D eigenvalue weighted by Crippen LogP contribution is -2.13. The van der Waals surface area contributed by atoms with Gasteiger partial charge in [0.2, 0.25) is 5.91 Å². The monoisotopic (exact) mass is 411 g/mol. The first-order valence-corrected chi connectivity index (χ1v) is 8.31. The van der Waals surface area contributed by atoms with Crippen molar-refractivity contribution in [1.82, 2.24) is 0 Å². The van der Waals surface area contributed by atoms with Crippen molar-refractivity contribution in [2.45, 2.75) is 12.8 Å². The van der Waals surface area contributed by atoms with Gasteiger partial charge in [-0.25, -0.2) is 4.39 Å². The van der Waals surface area contributed by atoms with Gasteiger partial charge in [0, 0.05) is 12.5 Å². The van der Waals surface area contributed by atoms with Crippen LogP contribution in [0.3, 0.4) is 0 Å². The first-order chi connectivity index (χ1) is 12.0. The van der Waals surface area contributed by atoms with Crippen LogP contribution in [0.2, 0.25) is 0 Å². The highest BCUT2D eigenvalue weighted by molar-refractivity contribution is 9.10. The number of anilines is 1. The molecule has 0 spiro atoms. The Kier molecular flexibility index (Phi) is 6.64. The molecule has 0 bridgehead atoms. The molecule has 134 valence electrons. The zero-order valence-corrected chi connectivity index (χ0v) is 15.8. The molecule has 7 heteroatoms. The summed E-state index contributed by atoms with van der Waals surface area (Å²) in [4.78, 5) is 12.2. The van der Waals surface area contributed by atoms with Crippen LogP contribution in [0.5, 0.6) is 17.2 Å². The van der Waals surface area contributed by atoms with E-state index in [4.69, 9.17) is 14.2 Å². The van der Waals surface area contributed by atoms with Crippen molar-refractivity contribution < 1.29 is 23.4 Å². The van der Waals surface area contributed by atoms with Crippen LogP contribution in [0.15, 0.2) is 34.8 Å². The van der Waals surface area contributed by atoms with E-state index in [1.54, 1.807) is 20.3 Å². The maximum atomic E-state index is 13.5. The van der Waals surface area contributed by atoms with Gasteiger partial charge < -0.3 is 19.5 Å². The van der Waals surface area contributed by atoms with Gasteiger partial charge in [-0.2, -0.15) is 0 Å². The number of aryl methyl sites for hydroxylation is 1. The van der Waals surface area contributed by atoms with Crippen LogP contribution in [0, 0.1) is 5.82 Å². The minimum atomic E-state index is -0.470. The largest absolute Gasteiger partial charge is 0.493 e. The molecule has 0 aliphatic carbocycles. The van der Waals surface area contributed by atoms with Gasteiger partial charge in [0.25, 0.3) is 0 Å². The molecule has 1 amide bonds. The van der Waals surface area contributed by atoms with Gasteiger partial charge in [-0.1, -0.05) is 6.07 Å². The highest BCUT2D eigenvalue weighted by atomic mass is 79.9. The van der Waals surface area contributed by atoms with Crippen LogP contribution in [-0.4, -0.2) is 27.2 Å². The molecule has 5 nitrogen and oxygen atoms in total. The fourth-order valence-corrected chi connectivity index (χ4v) is 2.96. The third-order valence-electron chi connectivity index (χ3n) is 3.58. The van der Waals surface area contributed by atoms with Gasteiger partial charge in [0.15, 0.2) is 17.2 Å². The molecule has 0 saturated heterocycles. The number of hydrogen-bond donors (Lipinski definition) is 1. The van der Waals surface area contributed by atoms with E-state index in [0.29, 0.717) is 28.1 Å². The molecule has 2 aromatic rings. The van der Waals surface area contributed by atoms with Crippen molar-refractivity contribution in [1.29, 1.82) is 0 Å².